The summed E-state index contributed by atoms with van der Waals surface area (Å²) in [6, 6.07) is -0.571. The first-order chi connectivity index (χ1) is 6.15. The molecule has 1 rings (SSSR count). The highest BCUT2D eigenvalue weighted by Gasteiger charge is 2.29. The number of carbonyl (C=O) groups excluding carboxylic acids is 1. The average molecular weight is 190 g/mol. The summed E-state index contributed by atoms with van der Waals surface area (Å²) in [7, 11) is 0. The molecule has 0 aromatic carbocycles. The van der Waals surface area contributed by atoms with Gasteiger partial charge in [0.15, 0.2) is 0 Å². The van der Waals surface area contributed by atoms with Gasteiger partial charge in [-0.1, -0.05) is 0 Å². The fourth-order valence-corrected chi connectivity index (χ4v) is 1.33. The van der Waals surface area contributed by atoms with Gasteiger partial charge in [-0.15, -0.1) is 0 Å². The normalized spacial score (nSPS) is 28.7. The number of rotatable bonds is 1. The third-order valence-electron chi connectivity index (χ3n) is 2.10. The molecule has 5 heteroatoms. The molecule has 0 bridgehead atoms. The predicted molar refractivity (Wildman–Crippen MR) is 46.1 cm³/mol. The summed E-state index contributed by atoms with van der Waals surface area (Å²) in [4.78, 5) is 12.6. The van der Waals surface area contributed by atoms with E-state index in [1.165, 1.54) is 4.90 Å². The lowest BCUT2D eigenvalue weighted by molar-refractivity contribution is 0.0781. The van der Waals surface area contributed by atoms with E-state index in [0.29, 0.717) is 19.6 Å². The van der Waals surface area contributed by atoms with Gasteiger partial charge in [0.05, 0.1) is 12.6 Å². The van der Waals surface area contributed by atoms with Gasteiger partial charge in [-0.25, -0.2) is 9.18 Å². The van der Waals surface area contributed by atoms with Crippen LogP contribution in [-0.4, -0.2) is 42.9 Å². The van der Waals surface area contributed by atoms with Crippen molar-refractivity contribution in [2.24, 2.45) is 5.73 Å². The fourth-order valence-electron chi connectivity index (χ4n) is 1.33. The Kier molecular flexibility index (Phi) is 3.48. The van der Waals surface area contributed by atoms with Crippen LogP contribution in [0, 0.1) is 0 Å². The largest absolute Gasteiger partial charge is 0.450 e. The Hall–Kier alpha value is -0.840. The predicted octanol–water partition coefficient (Wildman–Crippen LogP) is 0.514. The highest BCUT2D eigenvalue weighted by atomic mass is 19.1. The molecule has 4 nitrogen and oxygen atoms in total. The van der Waals surface area contributed by atoms with Crippen LogP contribution < -0.4 is 5.73 Å². The van der Waals surface area contributed by atoms with Crippen LogP contribution in [0.4, 0.5) is 9.18 Å². The lowest BCUT2D eigenvalue weighted by Gasteiger charge is -2.32. The number of alkyl halides is 1. The van der Waals surface area contributed by atoms with Crippen molar-refractivity contribution in [3.8, 4) is 0 Å². The third-order valence-corrected chi connectivity index (χ3v) is 2.10. The number of halogens is 1. The summed E-state index contributed by atoms with van der Waals surface area (Å²) in [5.74, 6) is 0. The van der Waals surface area contributed by atoms with Crippen LogP contribution in [0.3, 0.4) is 0 Å². The van der Waals surface area contributed by atoms with Gasteiger partial charge in [0.1, 0.15) is 6.17 Å². The first-order valence-corrected chi connectivity index (χ1v) is 4.46. The monoisotopic (exact) mass is 190 g/mol. The number of nitrogens with two attached hydrogens (primary N) is 1. The third kappa shape index (κ3) is 2.55. The Morgan fingerprint density at radius 2 is 2.46 bits per heavy atom. The molecule has 0 aliphatic carbocycles. The van der Waals surface area contributed by atoms with E-state index in [4.69, 9.17) is 10.5 Å². The highest BCUT2D eigenvalue weighted by molar-refractivity contribution is 5.67. The standard InChI is InChI=1S/C8H15FN2O2/c1-2-13-8(12)11-4-3-6(9)7(10)5-11/h6-7H,2-5,10H2,1H3. The van der Waals surface area contributed by atoms with E-state index in [1.54, 1.807) is 6.92 Å². The van der Waals surface area contributed by atoms with Crippen LogP contribution in [0.15, 0.2) is 0 Å². The van der Waals surface area contributed by atoms with Crippen molar-refractivity contribution >= 4 is 6.09 Å². The smallest absolute Gasteiger partial charge is 0.409 e. The maximum absolute atomic E-state index is 12.9. The fraction of sp³-hybridized carbons (Fsp3) is 0.875. The molecule has 1 saturated heterocycles. The van der Waals surface area contributed by atoms with Crippen LogP contribution in [0.5, 0.6) is 0 Å². The molecular formula is C8H15FN2O2. The molecule has 13 heavy (non-hydrogen) atoms. The minimum Gasteiger partial charge on any atom is -0.450 e. The Morgan fingerprint density at radius 3 is 3.00 bits per heavy atom. The second kappa shape index (κ2) is 4.41. The molecule has 0 radical (unpaired) electrons. The van der Waals surface area contributed by atoms with E-state index < -0.39 is 18.3 Å². The molecule has 76 valence electrons. The molecule has 2 N–H and O–H groups in total. The molecule has 1 aliphatic heterocycles. The van der Waals surface area contributed by atoms with Gasteiger partial charge in [-0.05, 0) is 13.3 Å². The maximum Gasteiger partial charge on any atom is 0.409 e. The Morgan fingerprint density at radius 1 is 1.77 bits per heavy atom. The number of ether oxygens (including phenoxy) is 1. The van der Waals surface area contributed by atoms with Gasteiger partial charge < -0.3 is 15.4 Å². The maximum atomic E-state index is 12.9. The van der Waals surface area contributed by atoms with Gasteiger partial charge in [0, 0.05) is 13.1 Å². The summed E-state index contributed by atoms with van der Waals surface area (Å²) >= 11 is 0. The van der Waals surface area contributed by atoms with Crippen molar-refractivity contribution in [2.75, 3.05) is 19.7 Å². The number of hydrogen-bond donors (Lipinski definition) is 1. The number of piperidine rings is 1. The topological polar surface area (TPSA) is 55.6 Å². The second-order valence-corrected chi connectivity index (χ2v) is 3.11. The average Bonchev–Trinajstić information content (AvgIpc) is 2.10. The highest BCUT2D eigenvalue weighted by Crippen LogP contribution is 2.13. The number of amides is 1. The summed E-state index contributed by atoms with van der Waals surface area (Å²) in [5.41, 5.74) is 5.48. The van der Waals surface area contributed by atoms with Crippen molar-refractivity contribution in [3.63, 3.8) is 0 Å². The van der Waals surface area contributed by atoms with Gasteiger partial charge in [0.2, 0.25) is 0 Å². The zero-order valence-electron chi connectivity index (χ0n) is 7.70. The van der Waals surface area contributed by atoms with E-state index in [9.17, 15) is 9.18 Å². The van der Waals surface area contributed by atoms with Crippen molar-refractivity contribution < 1.29 is 13.9 Å². The molecule has 1 fully saturated rings. The quantitative estimate of drug-likeness (QED) is 0.655. The van der Waals surface area contributed by atoms with Gasteiger partial charge in [0.25, 0.3) is 0 Å². The number of likely N-dealkylation sites (tertiary alicyclic amines) is 1. The molecule has 1 aliphatic rings. The lowest BCUT2D eigenvalue weighted by Crippen LogP contribution is -2.51. The van der Waals surface area contributed by atoms with Crippen molar-refractivity contribution in [1.82, 2.24) is 4.90 Å². The van der Waals surface area contributed by atoms with E-state index in [0.717, 1.165) is 0 Å². The van der Waals surface area contributed by atoms with E-state index >= 15 is 0 Å². The van der Waals surface area contributed by atoms with Gasteiger partial charge in [-0.3, -0.25) is 0 Å². The van der Waals surface area contributed by atoms with Crippen molar-refractivity contribution in [2.45, 2.75) is 25.6 Å². The zero-order chi connectivity index (χ0) is 9.84. The minimum atomic E-state index is -0.995. The lowest BCUT2D eigenvalue weighted by atomic mass is 10.1. The van der Waals surface area contributed by atoms with E-state index in [1.807, 2.05) is 0 Å². The van der Waals surface area contributed by atoms with Crippen LogP contribution in [0.25, 0.3) is 0 Å². The molecule has 2 atom stereocenters. The van der Waals surface area contributed by atoms with Crippen LogP contribution in [0.1, 0.15) is 13.3 Å². The molecule has 2 unspecified atom stereocenters. The molecule has 1 heterocycles. The summed E-state index contributed by atoms with van der Waals surface area (Å²) in [6.07, 6.45) is -1.09. The summed E-state index contributed by atoms with van der Waals surface area (Å²) in [5, 5.41) is 0. The Balaban J connectivity index is 2.40. The first-order valence-electron chi connectivity index (χ1n) is 4.46. The van der Waals surface area contributed by atoms with Crippen LogP contribution >= 0.6 is 0 Å². The van der Waals surface area contributed by atoms with E-state index in [2.05, 4.69) is 0 Å². The van der Waals surface area contributed by atoms with Crippen molar-refractivity contribution in [1.29, 1.82) is 0 Å². The Bertz CT molecular complexity index is 189. The first kappa shape index (κ1) is 10.2. The van der Waals surface area contributed by atoms with Gasteiger partial charge >= 0.3 is 6.09 Å². The molecule has 0 spiro atoms. The zero-order valence-corrected chi connectivity index (χ0v) is 7.70. The Labute approximate surface area is 76.8 Å². The van der Waals surface area contributed by atoms with Gasteiger partial charge in [-0.2, -0.15) is 0 Å². The minimum absolute atomic E-state index is 0.250. The number of nitrogens with zero attached hydrogens (tertiary/aromatic N) is 1. The molecule has 0 aromatic rings. The second-order valence-electron chi connectivity index (χ2n) is 3.11. The summed E-state index contributed by atoms with van der Waals surface area (Å²) in [6.45, 7) is 2.72. The molecular weight excluding hydrogens is 175 g/mol. The number of hydrogen-bond acceptors (Lipinski definition) is 3. The summed E-state index contributed by atoms with van der Waals surface area (Å²) < 4.78 is 17.7. The molecule has 0 saturated carbocycles. The van der Waals surface area contributed by atoms with Crippen molar-refractivity contribution in [3.05, 3.63) is 0 Å². The number of carbonyl (C=O) groups is 1. The molecule has 1 amide bonds. The SMILES string of the molecule is CCOC(=O)N1CCC(F)C(N)C1. The van der Waals surface area contributed by atoms with E-state index in [-0.39, 0.29) is 6.54 Å². The molecule has 0 aromatic heterocycles. The van der Waals surface area contributed by atoms with Crippen LogP contribution in [0.2, 0.25) is 0 Å². The van der Waals surface area contributed by atoms with Crippen LogP contribution in [-0.2, 0) is 4.74 Å².